The molecule has 1 aliphatic carbocycles. The van der Waals surface area contributed by atoms with E-state index < -0.39 is 17.5 Å². The highest BCUT2D eigenvalue weighted by atomic mass is 16.4. The molecule has 0 saturated heterocycles. The van der Waals surface area contributed by atoms with Crippen LogP contribution in [0.2, 0.25) is 0 Å². The molecule has 2 N–H and O–H groups in total. The number of carboxylic acid groups (broad SMARTS) is 1. The molecule has 1 fully saturated rings. The number of carboxylic acids is 1. The average molecular weight is 213 g/mol. The van der Waals surface area contributed by atoms with Gasteiger partial charge in [0.25, 0.3) is 0 Å². The van der Waals surface area contributed by atoms with Gasteiger partial charge in [-0.2, -0.15) is 0 Å². The number of carbonyl (C=O) groups is 1. The summed E-state index contributed by atoms with van der Waals surface area (Å²) in [6.45, 7) is 2.01. The molecular formula is C12H21O3. The van der Waals surface area contributed by atoms with Crippen molar-refractivity contribution < 1.29 is 15.0 Å². The zero-order valence-corrected chi connectivity index (χ0v) is 9.41. The number of hydrogen-bond donors (Lipinski definition) is 2. The summed E-state index contributed by atoms with van der Waals surface area (Å²) in [6, 6.07) is 0. The highest BCUT2D eigenvalue weighted by Crippen LogP contribution is 2.40. The molecule has 1 aliphatic rings. The van der Waals surface area contributed by atoms with Gasteiger partial charge in [-0.3, -0.25) is 4.79 Å². The monoisotopic (exact) mass is 213 g/mol. The first-order chi connectivity index (χ1) is 7.10. The molecule has 1 radical (unpaired) electrons. The van der Waals surface area contributed by atoms with Crippen LogP contribution in [0.1, 0.15) is 51.9 Å². The van der Waals surface area contributed by atoms with E-state index in [9.17, 15) is 15.0 Å². The lowest BCUT2D eigenvalue weighted by atomic mass is 9.70. The van der Waals surface area contributed by atoms with Crippen LogP contribution in [0, 0.1) is 11.8 Å². The van der Waals surface area contributed by atoms with Crippen molar-refractivity contribution in [2.24, 2.45) is 5.41 Å². The SMILES string of the molecule is CCCC(O)CC1(C(=O)O)CC[CH]CC1. The summed E-state index contributed by atoms with van der Waals surface area (Å²) in [6.07, 6.45) is 6.82. The van der Waals surface area contributed by atoms with Crippen molar-refractivity contribution in [3.05, 3.63) is 6.42 Å². The Kier molecular flexibility index (Phi) is 4.58. The van der Waals surface area contributed by atoms with Gasteiger partial charge < -0.3 is 10.2 Å². The molecule has 3 nitrogen and oxygen atoms in total. The Morgan fingerprint density at radius 3 is 2.53 bits per heavy atom. The molecule has 1 rings (SSSR count). The summed E-state index contributed by atoms with van der Waals surface area (Å²) in [7, 11) is 0. The fourth-order valence-electron chi connectivity index (χ4n) is 2.42. The molecule has 1 unspecified atom stereocenters. The van der Waals surface area contributed by atoms with E-state index in [2.05, 4.69) is 6.42 Å². The second-order valence-electron chi connectivity index (χ2n) is 4.60. The van der Waals surface area contributed by atoms with Gasteiger partial charge in [0.2, 0.25) is 0 Å². The minimum atomic E-state index is -0.731. The van der Waals surface area contributed by atoms with E-state index in [4.69, 9.17) is 0 Å². The van der Waals surface area contributed by atoms with Gasteiger partial charge in [0.05, 0.1) is 11.5 Å². The predicted molar refractivity (Wildman–Crippen MR) is 58.4 cm³/mol. The fraction of sp³-hybridized carbons (Fsp3) is 0.833. The highest BCUT2D eigenvalue weighted by molar-refractivity contribution is 5.74. The Balaban J connectivity index is 2.60. The van der Waals surface area contributed by atoms with E-state index in [0.29, 0.717) is 25.7 Å². The summed E-state index contributed by atoms with van der Waals surface area (Å²) in [5.74, 6) is -0.731. The van der Waals surface area contributed by atoms with Crippen molar-refractivity contribution in [3.63, 3.8) is 0 Å². The Morgan fingerprint density at radius 1 is 1.47 bits per heavy atom. The molecule has 0 aliphatic heterocycles. The zero-order valence-electron chi connectivity index (χ0n) is 9.41. The van der Waals surface area contributed by atoms with Crippen LogP contribution in [0.3, 0.4) is 0 Å². The molecule has 0 aromatic carbocycles. The van der Waals surface area contributed by atoms with Crippen LogP contribution in [-0.2, 0) is 4.79 Å². The van der Waals surface area contributed by atoms with Gasteiger partial charge >= 0.3 is 5.97 Å². The molecule has 0 spiro atoms. The number of aliphatic carboxylic acids is 1. The number of aliphatic hydroxyl groups is 1. The van der Waals surface area contributed by atoms with Gasteiger partial charge in [-0.15, -0.1) is 0 Å². The summed E-state index contributed by atoms with van der Waals surface area (Å²) in [5.41, 5.74) is -0.663. The summed E-state index contributed by atoms with van der Waals surface area (Å²) >= 11 is 0. The summed E-state index contributed by atoms with van der Waals surface area (Å²) in [5, 5.41) is 19.0. The van der Waals surface area contributed by atoms with E-state index in [1.165, 1.54) is 0 Å². The molecule has 0 aromatic rings. The number of rotatable bonds is 5. The van der Waals surface area contributed by atoms with Gasteiger partial charge in [0, 0.05) is 0 Å². The highest BCUT2D eigenvalue weighted by Gasteiger charge is 2.40. The lowest BCUT2D eigenvalue weighted by Crippen LogP contribution is -2.36. The summed E-state index contributed by atoms with van der Waals surface area (Å²) < 4.78 is 0. The Morgan fingerprint density at radius 2 is 2.07 bits per heavy atom. The maximum Gasteiger partial charge on any atom is 0.309 e. The van der Waals surface area contributed by atoms with Crippen molar-refractivity contribution in [3.8, 4) is 0 Å². The van der Waals surface area contributed by atoms with E-state index >= 15 is 0 Å². The third-order valence-corrected chi connectivity index (χ3v) is 3.36. The van der Waals surface area contributed by atoms with Crippen LogP contribution in [-0.4, -0.2) is 22.3 Å². The molecule has 1 saturated carbocycles. The van der Waals surface area contributed by atoms with Gasteiger partial charge in [0.15, 0.2) is 0 Å². The van der Waals surface area contributed by atoms with Gasteiger partial charge in [0.1, 0.15) is 0 Å². The van der Waals surface area contributed by atoms with Crippen molar-refractivity contribution in [1.82, 2.24) is 0 Å². The van der Waals surface area contributed by atoms with Crippen molar-refractivity contribution in [2.45, 2.75) is 58.0 Å². The molecule has 0 bridgehead atoms. The van der Waals surface area contributed by atoms with E-state index in [1.807, 2.05) is 6.92 Å². The largest absolute Gasteiger partial charge is 0.481 e. The van der Waals surface area contributed by atoms with Crippen LogP contribution < -0.4 is 0 Å². The maximum absolute atomic E-state index is 11.3. The number of hydrogen-bond acceptors (Lipinski definition) is 2. The molecule has 87 valence electrons. The van der Waals surface area contributed by atoms with Gasteiger partial charge in [-0.25, -0.2) is 0 Å². The Bertz CT molecular complexity index is 207. The van der Waals surface area contributed by atoms with Crippen LogP contribution in [0.4, 0.5) is 0 Å². The smallest absolute Gasteiger partial charge is 0.309 e. The lowest BCUT2D eigenvalue weighted by molar-refractivity contribution is -0.153. The van der Waals surface area contributed by atoms with Crippen molar-refractivity contribution >= 4 is 5.97 Å². The molecule has 3 heteroatoms. The predicted octanol–water partition coefficient (Wildman–Crippen LogP) is 2.39. The molecule has 0 amide bonds. The van der Waals surface area contributed by atoms with Crippen LogP contribution in [0.25, 0.3) is 0 Å². The van der Waals surface area contributed by atoms with E-state index in [0.717, 1.165) is 19.3 Å². The Labute approximate surface area is 91.5 Å². The molecule has 0 heterocycles. The quantitative estimate of drug-likeness (QED) is 0.737. The topological polar surface area (TPSA) is 57.5 Å². The second-order valence-corrected chi connectivity index (χ2v) is 4.60. The summed E-state index contributed by atoms with van der Waals surface area (Å²) in [4.78, 5) is 11.3. The average Bonchev–Trinajstić information content (AvgIpc) is 2.19. The number of aliphatic hydroxyl groups excluding tert-OH is 1. The zero-order chi connectivity index (χ0) is 11.3. The third-order valence-electron chi connectivity index (χ3n) is 3.36. The van der Waals surface area contributed by atoms with Crippen molar-refractivity contribution in [2.75, 3.05) is 0 Å². The first kappa shape index (κ1) is 12.5. The van der Waals surface area contributed by atoms with Crippen LogP contribution >= 0.6 is 0 Å². The molecule has 0 aromatic heterocycles. The minimum absolute atomic E-state index is 0.421. The van der Waals surface area contributed by atoms with Crippen LogP contribution in [0.15, 0.2) is 0 Å². The second kappa shape index (κ2) is 5.50. The third kappa shape index (κ3) is 3.20. The molecule has 15 heavy (non-hydrogen) atoms. The van der Waals surface area contributed by atoms with Gasteiger partial charge in [-0.1, -0.05) is 13.3 Å². The minimum Gasteiger partial charge on any atom is -0.481 e. The normalized spacial score (nSPS) is 22.3. The first-order valence-electron chi connectivity index (χ1n) is 5.84. The van der Waals surface area contributed by atoms with E-state index in [-0.39, 0.29) is 0 Å². The lowest BCUT2D eigenvalue weighted by Gasteiger charge is -2.34. The van der Waals surface area contributed by atoms with Crippen molar-refractivity contribution in [1.29, 1.82) is 0 Å². The molecule has 1 atom stereocenters. The Hall–Kier alpha value is -0.570. The first-order valence-corrected chi connectivity index (χ1v) is 5.84. The van der Waals surface area contributed by atoms with Crippen LogP contribution in [0.5, 0.6) is 0 Å². The standard InChI is InChI=1S/C12H21O3/c1-2-6-10(13)9-12(11(14)15)7-4-3-5-8-12/h3,10,13H,2,4-9H2,1H3,(H,14,15). The molecular weight excluding hydrogens is 192 g/mol. The fourth-order valence-corrected chi connectivity index (χ4v) is 2.42. The maximum atomic E-state index is 11.3. The van der Waals surface area contributed by atoms with E-state index in [1.54, 1.807) is 0 Å². The van der Waals surface area contributed by atoms with Gasteiger partial charge in [-0.05, 0) is 44.9 Å².